The van der Waals surface area contributed by atoms with E-state index in [1.54, 1.807) is 16.7 Å². The van der Waals surface area contributed by atoms with E-state index in [1.807, 2.05) is 24.5 Å². The number of hydrogen-bond acceptors (Lipinski definition) is 5. The van der Waals surface area contributed by atoms with Crippen molar-refractivity contribution in [3.05, 3.63) is 72.1 Å². The van der Waals surface area contributed by atoms with Crippen LogP contribution >= 0.6 is 0 Å². The van der Waals surface area contributed by atoms with E-state index >= 15 is 0 Å². The van der Waals surface area contributed by atoms with Gasteiger partial charge in [-0.25, -0.2) is 21.9 Å². The number of nitrogens with zero attached hydrogens (tertiary/aromatic N) is 3. The summed E-state index contributed by atoms with van der Waals surface area (Å²) in [5.41, 5.74) is -0.220. The molecule has 0 radical (unpaired) electrons. The predicted molar refractivity (Wildman–Crippen MR) is 96.8 cm³/mol. The van der Waals surface area contributed by atoms with Crippen molar-refractivity contribution in [3.63, 3.8) is 0 Å². The number of benzene rings is 1. The lowest BCUT2D eigenvalue weighted by atomic mass is 10.2. The van der Waals surface area contributed by atoms with Crippen LogP contribution in [-0.2, 0) is 15.8 Å². The van der Waals surface area contributed by atoms with Gasteiger partial charge in [0.15, 0.2) is 5.82 Å². The van der Waals surface area contributed by atoms with Crippen molar-refractivity contribution in [2.45, 2.75) is 5.75 Å². The lowest BCUT2D eigenvalue weighted by Crippen LogP contribution is -2.30. The second kappa shape index (κ2) is 8.23. The average molecular weight is 393 g/mol. The molecule has 0 fully saturated rings. The van der Waals surface area contributed by atoms with E-state index in [0.29, 0.717) is 11.6 Å². The predicted octanol–water partition coefficient (Wildman–Crippen LogP) is 2.08. The highest BCUT2D eigenvalue weighted by Crippen LogP contribution is 2.12. The van der Waals surface area contributed by atoms with Crippen LogP contribution in [0.1, 0.15) is 5.56 Å². The molecule has 10 heteroatoms. The van der Waals surface area contributed by atoms with Gasteiger partial charge in [-0.2, -0.15) is 0 Å². The molecule has 2 aromatic heterocycles. The van der Waals surface area contributed by atoms with Crippen LogP contribution in [0.15, 0.2) is 54.9 Å². The standard InChI is InChI=1S/C17H17F2N5O2S/c18-14-3-4-15(19)13(11-14)12-27(25,26)21-8-7-20-16-5-6-17(23-22-16)24-9-1-2-10-24/h1-6,9-11,21H,7-8,12H2,(H,20,22). The quantitative estimate of drug-likeness (QED) is 0.572. The molecule has 142 valence electrons. The zero-order valence-corrected chi connectivity index (χ0v) is 15.0. The number of aromatic nitrogens is 3. The van der Waals surface area contributed by atoms with Crippen LogP contribution in [0.4, 0.5) is 14.6 Å². The van der Waals surface area contributed by atoms with Crippen molar-refractivity contribution in [2.24, 2.45) is 0 Å². The Kier molecular flexibility index (Phi) is 5.77. The number of halogens is 2. The SMILES string of the molecule is O=S(=O)(Cc1cc(F)ccc1F)NCCNc1ccc(-n2cccc2)nn1. The van der Waals surface area contributed by atoms with Crippen LogP contribution < -0.4 is 10.0 Å². The number of anilines is 1. The Bertz CT molecular complexity index is 993. The Hall–Kier alpha value is -2.85. The van der Waals surface area contributed by atoms with Gasteiger partial charge in [-0.1, -0.05) is 0 Å². The fraction of sp³-hybridized carbons (Fsp3) is 0.176. The summed E-state index contributed by atoms with van der Waals surface area (Å²) >= 11 is 0. The van der Waals surface area contributed by atoms with Crippen LogP contribution in [-0.4, -0.2) is 36.3 Å². The minimum atomic E-state index is -3.80. The topological polar surface area (TPSA) is 88.9 Å². The summed E-state index contributed by atoms with van der Waals surface area (Å²) in [5.74, 6) is -0.949. The second-order valence-electron chi connectivity index (χ2n) is 5.68. The minimum absolute atomic E-state index is 0.0559. The molecule has 0 unspecified atom stereocenters. The van der Waals surface area contributed by atoms with Crippen molar-refractivity contribution >= 4 is 15.8 Å². The average Bonchev–Trinajstić information content (AvgIpc) is 3.17. The normalized spacial score (nSPS) is 11.5. The van der Waals surface area contributed by atoms with Gasteiger partial charge in [0, 0.05) is 31.0 Å². The molecule has 0 aliphatic rings. The maximum absolute atomic E-state index is 13.6. The zero-order chi connectivity index (χ0) is 19.3. The van der Waals surface area contributed by atoms with Gasteiger partial charge in [0.2, 0.25) is 10.0 Å². The smallest absolute Gasteiger partial charge is 0.215 e. The molecule has 0 saturated carbocycles. The van der Waals surface area contributed by atoms with Crippen LogP contribution in [0.5, 0.6) is 0 Å². The van der Waals surface area contributed by atoms with Gasteiger partial charge in [0.05, 0.1) is 5.75 Å². The van der Waals surface area contributed by atoms with E-state index in [4.69, 9.17) is 0 Å². The van der Waals surface area contributed by atoms with Crippen LogP contribution in [0, 0.1) is 11.6 Å². The van der Waals surface area contributed by atoms with Crippen molar-refractivity contribution in [1.29, 1.82) is 0 Å². The van der Waals surface area contributed by atoms with Gasteiger partial charge in [-0.05, 0) is 42.5 Å². The van der Waals surface area contributed by atoms with Crippen LogP contribution in [0.2, 0.25) is 0 Å². The number of rotatable bonds is 8. The molecule has 1 aromatic carbocycles. The Morgan fingerprint density at radius 1 is 1.00 bits per heavy atom. The maximum atomic E-state index is 13.6. The first-order valence-electron chi connectivity index (χ1n) is 8.05. The highest BCUT2D eigenvalue weighted by Gasteiger charge is 2.15. The van der Waals surface area contributed by atoms with Crippen molar-refractivity contribution in [1.82, 2.24) is 19.5 Å². The molecule has 27 heavy (non-hydrogen) atoms. The third-order valence-corrected chi connectivity index (χ3v) is 4.96. The third kappa shape index (κ3) is 5.31. The summed E-state index contributed by atoms with van der Waals surface area (Å²) in [5, 5.41) is 11.0. The van der Waals surface area contributed by atoms with Gasteiger partial charge in [0.1, 0.15) is 17.5 Å². The number of sulfonamides is 1. The first kappa shape index (κ1) is 18.9. The monoisotopic (exact) mass is 393 g/mol. The molecule has 0 bridgehead atoms. The minimum Gasteiger partial charge on any atom is -0.367 e. The summed E-state index contributed by atoms with van der Waals surface area (Å²) in [6, 6.07) is 9.94. The molecular formula is C17H17F2N5O2S. The highest BCUT2D eigenvalue weighted by atomic mass is 32.2. The molecule has 7 nitrogen and oxygen atoms in total. The first-order chi connectivity index (χ1) is 12.9. The van der Waals surface area contributed by atoms with Crippen molar-refractivity contribution in [3.8, 4) is 5.82 Å². The summed E-state index contributed by atoms with van der Waals surface area (Å²) in [6.07, 6.45) is 3.68. The molecule has 3 aromatic rings. The molecule has 0 amide bonds. The van der Waals surface area contributed by atoms with Gasteiger partial charge < -0.3 is 9.88 Å². The number of hydrogen-bond donors (Lipinski definition) is 2. The Morgan fingerprint density at radius 2 is 1.78 bits per heavy atom. The molecule has 0 spiro atoms. The Morgan fingerprint density at radius 3 is 2.48 bits per heavy atom. The van der Waals surface area contributed by atoms with E-state index in [0.717, 1.165) is 18.2 Å². The molecule has 0 aliphatic carbocycles. The van der Waals surface area contributed by atoms with E-state index in [-0.39, 0.29) is 18.7 Å². The van der Waals surface area contributed by atoms with Gasteiger partial charge in [-0.15, -0.1) is 10.2 Å². The fourth-order valence-electron chi connectivity index (χ4n) is 2.35. The molecule has 2 heterocycles. The maximum Gasteiger partial charge on any atom is 0.215 e. The second-order valence-corrected chi connectivity index (χ2v) is 7.49. The van der Waals surface area contributed by atoms with E-state index in [9.17, 15) is 17.2 Å². The molecule has 2 N–H and O–H groups in total. The summed E-state index contributed by atoms with van der Waals surface area (Å²) in [6.45, 7) is 0.308. The van der Waals surface area contributed by atoms with Crippen molar-refractivity contribution in [2.75, 3.05) is 18.4 Å². The molecule has 0 aliphatic heterocycles. The number of nitrogens with one attached hydrogen (secondary N) is 2. The van der Waals surface area contributed by atoms with Crippen LogP contribution in [0.3, 0.4) is 0 Å². The van der Waals surface area contributed by atoms with Gasteiger partial charge >= 0.3 is 0 Å². The highest BCUT2D eigenvalue weighted by molar-refractivity contribution is 7.88. The summed E-state index contributed by atoms with van der Waals surface area (Å²) in [4.78, 5) is 0. The summed E-state index contributed by atoms with van der Waals surface area (Å²) in [7, 11) is -3.80. The Labute approximate surface area is 155 Å². The molecular weight excluding hydrogens is 376 g/mol. The fourth-order valence-corrected chi connectivity index (χ4v) is 3.50. The largest absolute Gasteiger partial charge is 0.367 e. The zero-order valence-electron chi connectivity index (χ0n) is 14.1. The van der Waals surface area contributed by atoms with E-state index in [1.165, 1.54) is 0 Å². The van der Waals surface area contributed by atoms with E-state index < -0.39 is 27.4 Å². The molecule has 0 atom stereocenters. The van der Waals surface area contributed by atoms with E-state index in [2.05, 4.69) is 20.2 Å². The molecule has 0 saturated heterocycles. The van der Waals surface area contributed by atoms with Crippen molar-refractivity contribution < 1.29 is 17.2 Å². The Balaban J connectivity index is 1.48. The lowest BCUT2D eigenvalue weighted by molar-refractivity contribution is 0.571. The van der Waals surface area contributed by atoms with Crippen LogP contribution in [0.25, 0.3) is 5.82 Å². The summed E-state index contributed by atoms with van der Waals surface area (Å²) < 4.78 is 54.8. The van der Waals surface area contributed by atoms with Gasteiger partial charge in [0.25, 0.3) is 0 Å². The van der Waals surface area contributed by atoms with Gasteiger partial charge in [-0.3, -0.25) is 0 Å². The lowest BCUT2D eigenvalue weighted by Gasteiger charge is -2.09. The first-order valence-corrected chi connectivity index (χ1v) is 9.70. The third-order valence-electron chi connectivity index (χ3n) is 3.63. The molecule has 3 rings (SSSR count).